The predicted molar refractivity (Wildman–Crippen MR) is 139 cm³/mol. The molecule has 1 aliphatic carbocycles. The number of nitrogens with zero attached hydrogens (tertiary/aromatic N) is 1. The van der Waals surface area contributed by atoms with Crippen LogP contribution in [0.5, 0.6) is 11.5 Å². The van der Waals surface area contributed by atoms with Crippen LogP contribution in [0, 0.1) is 0 Å². The number of anilines is 1. The Kier molecular flexibility index (Phi) is 7.98. The minimum absolute atomic E-state index is 0.0871. The monoisotopic (exact) mass is 490 g/mol. The van der Waals surface area contributed by atoms with Crippen molar-refractivity contribution in [1.29, 1.82) is 0 Å². The highest BCUT2D eigenvalue weighted by atomic mass is 16.5. The second kappa shape index (κ2) is 11.3. The Morgan fingerprint density at radius 3 is 2.19 bits per heavy atom. The molecule has 7 nitrogen and oxygen atoms in total. The molecule has 4 rings (SSSR count). The SMILES string of the molecule is COc1ccc(C(C(=O)NC2CCCC2)N(C(=O)c2ccco2)c2ccc(C(C)C)cc2)cc1OC. The standard InChI is InChI=1S/C29H34N2O5/c1-19(2)20-11-14-23(15-12-20)31(29(33)25-10-7-17-36-25)27(28(32)30-22-8-5-6-9-22)21-13-16-24(34-3)26(18-21)35-4/h7,10-19,22,27H,5-6,8-9H2,1-4H3,(H,30,32). The van der Waals surface area contributed by atoms with Gasteiger partial charge < -0.3 is 19.2 Å². The molecular formula is C29H34N2O5. The normalized spacial score (nSPS) is 14.5. The van der Waals surface area contributed by atoms with Crippen LogP contribution >= 0.6 is 0 Å². The number of rotatable bonds is 9. The van der Waals surface area contributed by atoms with E-state index >= 15 is 0 Å². The molecule has 1 atom stereocenters. The van der Waals surface area contributed by atoms with Gasteiger partial charge in [-0.1, -0.05) is 44.9 Å². The summed E-state index contributed by atoms with van der Waals surface area (Å²) in [6.07, 6.45) is 5.48. The maximum Gasteiger partial charge on any atom is 0.294 e. The third-order valence-electron chi connectivity index (χ3n) is 6.72. The quantitative estimate of drug-likeness (QED) is 0.406. The Morgan fingerprint density at radius 2 is 1.61 bits per heavy atom. The Hall–Kier alpha value is -3.74. The zero-order valence-corrected chi connectivity index (χ0v) is 21.3. The van der Waals surface area contributed by atoms with Crippen LogP contribution in [0.15, 0.2) is 65.3 Å². The Labute approximate surface area is 212 Å². The van der Waals surface area contributed by atoms with Gasteiger partial charge in [0.15, 0.2) is 17.3 Å². The van der Waals surface area contributed by atoms with Gasteiger partial charge in [0.2, 0.25) is 5.91 Å². The van der Waals surface area contributed by atoms with E-state index in [2.05, 4.69) is 19.2 Å². The van der Waals surface area contributed by atoms with E-state index in [4.69, 9.17) is 13.9 Å². The number of carbonyl (C=O) groups excluding carboxylic acids is 2. The van der Waals surface area contributed by atoms with E-state index in [-0.39, 0.29) is 17.7 Å². The predicted octanol–water partition coefficient (Wildman–Crippen LogP) is 5.87. The van der Waals surface area contributed by atoms with E-state index in [1.54, 1.807) is 44.6 Å². The molecule has 7 heteroatoms. The highest BCUT2D eigenvalue weighted by molar-refractivity contribution is 6.08. The van der Waals surface area contributed by atoms with Crippen LogP contribution in [0.4, 0.5) is 5.69 Å². The van der Waals surface area contributed by atoms with Crippen LogP contribution in [0.1, 0.15) is 73.2 Å². The first-order chi connectivity index (χ1) is 17.4. The Bertz CT molecular complexity index is 1160. The average molecular weight is 491 g/mol. The molecule has 1 aliphatic rings. The van der Waals surface area contributed by atoms with Gasteiger partial charge in [-0.05, 0) is 66.3 Å². The fourth-order valence-corrected chi connectivity index (χ4v) is 4.71. The summed E-state index contributed by atoms with van der Waals surface area (Å²) >= 11 is 0. The zero-order valence-electron chi connectivity index (χ0n) is 21.3. The largest absolute Gasteiger partial charge is 0.493 e. The van der Waals surface area contributed by atoms with Crippen molar-refractivity contribution in [2.24, 2.45) is 0 Å². The molecule has 190 valence electrons. The summed E-state index contributed by atoms with van der Waals surface area (Å²) < 4.78 is 16.4. The second-order valence-electron chi connectivity index (χ2n) is 9.41. The number of hydrogen-bond donors (Lipinski definition) is 1. The number of hydrogen-bond acceptors (Lipinski definition) is 5. The molecule has 1 fully saturated rings. The van der Waals surface area contributed by atoms with Crippen molar-refractivity contribution < 1.29 is 23.5 Å². The molecule has 3 aromatic rings. The first-order valence-electron chi connectivity index (χ1n) is 12.4. The minimum Gasteiger partial charge on any atom is -0.493 e. The number of benzene rings is 2. The van der Waals surface area contributed by atoms with Gasteiger partial charge in [0.1, 0.15) is 6.04 Å². The van der Waals surface area contributed by atoms with E-state index in [9.17, 15) is 9.59 Å². The van der Waals surface area contributed by atoms with E-state index in [1.165, 1.54) is 11.2 Å². The topological polar surface area (TPSA) is 81.0 Å². The van der Waals surface area contributed by atoms with Gasteiger partial charge in [-0.3, -0.25) is 14.5 Å². The summed E-state index contributed by atoms with van der Waals surface area (Å²) in [7, 11) is 3.11. The fraction of sp³-hybridized carbons (Fsp3) is 0.379. The van der Waals surface area contributed by atoms with Gasteiger partial charge >= 0.3 is 0 Å². The molecular weight excluding hydrogens is 456 g/mol. The Balaban J connectivity index is 1.84. The van der Waals surface area contributed by atoms with Crippen LogP contribution in [0.25, 0.3) is 0 Å². The van der Waals surface area contributed by atoms with Crippen molar-refractivity contribution in [3.8, 4) is 11.5 Å². The van der Waals surface area contributed by atoms with E-state index in [1.807, 2.05) is 24.3 Å². The van der Waals surface area contributed by atoms with E-state index < -0.39 is 11.9 Å². The maximum absolute atomic E-state index is 13.9. The molecule has 1 heterocycles. The molecule has 0 radical (unpaired) electrons. The summed E-state index contributed by atoms with van der Waals surface area (Å²) in [5, 5.41) is 3.19. The zero-order chi connectivity index (χ0) is 25.7. The molecule has 0 spiro atoms. The smallest absolute Gasteiger partial charge is 0.294 e. The number of amides is 2. The van der Waals surface area contributed by atoms with E-state index in [0.717, 1.165) is 31.2 Å². The lowest BCUT2D eigenvalue weighted by Crippen LogP contribution is -2.46. The van der Waals surface area contributed by atoms with Crippen molar-refractivity contribution >= 4 is 17.5 Å². The van der Waals surface area contributed by atoms with Crippen molar-refractivity contribution in [3.63, 3.8) is 0 Å². The fourth-order valence-electron chi connectivity index (χ4n) is 4.71. The lowest BCUT2D eigenvalue weighted by atomic mass is 9.99. The first-order valence-corrected chi connectivity index (χ1v) is 12.4. The highest BCUT2D eigenvalue weighted by Crippen LogP contribution is 2.36. The van der Waals surface area contributed by atoms with Gasteiger partial charge in [0.05, 0.1) is 20.5 Å². The van der Waals surface area contributed by atoms with Crippen LogP contribution in [-0.2, 0) is 4.79 Å². The van der Waals surface area contributed by atoms with Gasteiger partial charge in [-0.15, -0.1) is 0 Å². The lowest BCUT2D eigenvalue weighted by molar-refractivity contribution is -0.123. The van der Waals surface area contributed by atoms with E-state index in [0.29, 0.717) is 28.7 Å². The van der Waals surface area contributed by atoms with Crippen molar-refractivity contribution in [2.45, 2.75) is 57.5 Å². The highest BCUT2D eigenvalue weighted by Gasteiger charge is 2.36. The van der Waals surface area contributed by atoms with Crippen LogP contribution in [0.2, 0.25) is 0 Å². The number of ether oxygens (including phenoxy) is 2. The van der Waals surface area contributed by atoms with Gasteiger partial charge in [-0.25, -0.2) is 0 Å². The maximum atomic E-state index is 13.9. The molecule has 1 unspecified atom stereocenters. The Morgan fingerprint density at radius 1 is 0.944 bits per heavy atom. The number of nitrogens with one attached hydrogen (secondary N) is 1. The third kappa shape index (κ3) is 5.40. The molecule has 0 bridgehead atoms. The molecule has 1 saturated carbocycles. The summed E-state index contributed by atoms with van der Waals surface area (Å²) in [5.41, 5.74) is 2.35. The molecule has 2 aromatic carbocycles. The second-order valence-corrected chi connectivity index (χ2v) is 9.41. The summed E-state index contributed by atoms with van der Waals surface area (Å²) in [6, 6.07) is 15.5. The summed E-state index contributed by atoms with van der Waals surface area (Å²) in [6.45, 7) is 4.23. The molecule has 0 saturated heterocycles. The molecule has 1 aromatic heterocycles. The van der Waals surface area contributed by atoms with Crippen molar-refractivity contribution in [1.82, 2.24) is 5.32 Å². The lowest BCUT2D eigenvalue weighted by Gasteiger charge is -2.32. The first kappa shape index (κ1) is 25.4. The number of methoxy groups -OCH3 is 2. The number of furan rings is 1. The van der Waals surface area contributed by atoms with Gasteiger partial charge in [0.25, 0.3) is 5.91 Å². The summed E-state index contributed by atoms with van der Waals surface area (Å²) in [4.78, 5) is 29.3. The summed E-state index contributed by atoms with van der Waals surface area (Å²) in [5.74, 6) is 0.860. The third-order valence-corrected chi connectivity index (χ3v) is 6.72. The minimum atomic E-state index is -0.951. The van der Waals surface area contributed by atoms with Crippen molar-refractivity contribution in [2.75, 3.05) is 19.1 Å². The molecule has 36 heavy (non-hydrogen) atoms. The molecule has 1 N–H and O–H groups in total. The van der Waals surface area contributed by atoms with Gasteiger partial charge in [-0.2, -0.15) is 0 Å². The van der Waals surface area contributed by atoms with Crippen LogP contribution in [-0.4, -0.2) is 32.1 Å². The van der Waals surface area contributed by atoms with Crippen LogP contribution < -0.4 is 19.7 Å². The van der Waals surface area contributed by atoms with Crippen molar-refractivity contribution in [3.05, 3.63) is 77.7 Å². The number of carbonyl (C=O) groups is 2. The van der Waals surface area contributed by atoms with Crippen LogP contribution in [0.3, 0.4) is 0 Å². The molecule has 2 amide bonds. The molecule has 0 aliphatic heterocycles. The van der Waals surface area contributed by atoms with Gasteiger partial charge in [0, 0.05) is 11.7 Å². The average Bonchev–Trinajstić information content (AvgIpc) is 3.61.